The molecule has 1 N–H and O–H groups in total. The van der Waals surface area contributed by atoms with Gasteiger partial charge in [0, 0.05) is 31.9 Å². The lowest BCUT2D eigenvalue weighted by molar-refractivity contribution is -0.00805. The molecule has 1 fully saturated rings. The molecule has 1 aromatic heterocycles. The highest BCUT2D eigenvalue weighted by Gasteiger charge is 2.25. The highest BCUT2D eigenvalue weighted by molar-refractivity contribution is 5.80. The summed E-state index contributed by atoms with van der Waals surface area (Å²) < 4.78 is 18.7. The molecule has 8 nitrogen and oxygen atoms in total. The van der Waals surface area contributed by atoms with Crippen molar-refractivity contribution in [2.75, 3.05) is 46.5 Å². The molecule has 1 atom stereocenters. The maximum atomic E-state index is 5.93. The van der Waals surface area contributed by atoms with Gasteiger partial charge < -0.3 is 24.4 Å². The van der Waals surface area contributed by atoms with E-state index in [1.807, 2.05) is 43.7 Å². The Balaban J connectivity index is 1.55. The van der Waals surface area contributed by atoms with Crippen LogP contribution >= 0.6 is 0 Å². The first-order chi connectivity index (χ1) is 13.7. The van der Waals surface area contributed by atoms with Crippen LogP contribution in [0.3, 0.4) is 0 Å². The molecule has 28 heavy (non-hydrogen) atoms. The molecule has 152 valence electrons. The molecule has 0 amide bonds. The number of methoxy groups -OCH3 is 1. The normalized spacial score (nSPS) is 17.5. The van der Waals surface area contributed by atoms with E-state index in [0.717, 1.165) is 42.7 Å². The molecule has 3 rings (SSSR count). The van der Waals surface area contributed by atoms with Gasteiger partial charge in [-0.2, -0.15) is 5.10 Å². The maximum absolute atomic E-state index is 5.93. The van der Waals surface area contributed by atoms with Crippen LogP contribution in [-0.2, 0) is 11.8 Å². The van der Waals surface area contributed by atoms with Gasteiger partial charge in [0.05, 0.1) is 33.0 Å². The third-order valence-electron chi connectivity index (χ3n) is 4.48. The summed E-state index contributed by atoms with van der Waals surface area (Å²) in [6.45, 7) is 6.18. The van der Waals surface area contributed by atoms with Gasteiger partial charge in [-0.05, 0) is 31.2 Å². The third-order valence-corrected chi connectivity index (χ3v) is 4.48. The second kappa shape index (κ2) is 9.98. The van der Waals surface area contributed by atoms with Crippen LogP contribution < -0.4 is 14.8 Å². The van der Waals surface area contributed by atoms with E-state index in [1.54, 1.807) is 11.8 Å². The Morgan fingerprint density at radius 1 is 1.32 bits per heavy atom. The number of aryl methyl sites for hydroxylation is 1. The maximum Gasteiger partial charge on any atom is 0.194 e. The molecule has 8 heteroatoms. The minimum absolute atomic E-state index is 0.00172. The largest absolute Gasteiger partial charge is 0.497 e. The van der Waals surface area contributed by atoms with Crippen LogP contribution in [0, 0.1) is 0 Å². The van der Waals surface area contributed by atoms with Crippen molar-refractivity contribution in [1.82, 2.24) is 20.0 Å². The van der Waals surface area contributed by atoms with Gasteiger partial charge in [0.15, 0.2) is 5.96 Å². The van der Waals surface area contributed by atoms with Crippen molar-refractivity contribution in [2.24, 2.45) is 12.0 Å². The van der Waals surface area contributed by atoms with E-state index in [9.17, 15) is 0 Å². The molecule has 0 radical (unpaired) electrons. The summed E-state index contributed by atoms with van der Waals surface area (Å²) in [5, 5.41) is 7.62. The fourth-order valence-corrected chi connectivity index (χ4v) is 3.06. The Morgan fingerprint density at radius 3 is 2.79 bits per heavy atom. The Kier molecular flexibility index (Phi) is 7.13. The predicted molar refractivity (Wildman–Crippen MR) is 108 cm³/mol. The van der Waals surface area contributed by atoms with Gasteiger partial charge in [-0.15, -0.1) is 0 Å². The lowest BCUT2D eigenvalue weighted by atomic mass is 10.1. The Hall–Kier alpha value is -2.74. The molecule has 1 unspecified atom stereocenters. The van der Waals surface area contributed by atoms with Crippen molar-refractivity contribution >= 4 is 5.96 Å². The second-order valence-corrected chi connectivity index (χ2v) is 6.51. The zero-order valence-corrected chi connectivity index (χ0v) is 16.8. The van der Waals surface area contributed by atoms with Gasteiger partial charge in [0.2, 0.25) is 0 Å². The number of aliphatic imine (C=N–C) groups is 1. The van der Waals surface area contributed by atoms with Crippen LogP contribution in [0.1, 0.15) is 18.6 Å². The number of morpholine rings is 1. The molecule has 0 aliphatic carbocycles. The molecule has 1 aromatic carbocycles. The molecule has 0 saturated carbocycles. The van der Waals surface area contributed by atoms with Crippen LogP contribution in [0.4, 0.5) is 0 Å². The Labute approximate surface area is 166 Å². The highest BCUT2D eigenvalue weighted by Crippen LogP contribution is 2.21. The summed E-state index contributed by atoms with van der Waals surface area (Å²) in [5.41, 5.74) is 1.09. The first-order valence-electron chi connectivity index (χ1n) is 9.60. The topological polar surface area (TPSA) is 73.1 Å². The summed E-state index contributed by atoms with van der Waals surface area (Å²) in [4.78, 5) is 6.96. The molecule has 1 aliphatic rings. The molecule has 0 spiro atoms. The lowest BCUT2D eigenvalue weighted by Crippen LogP contribution is -2.48. The van der Waals surface area contributed by atoms with Gasteiger partial charge in [-0.3, -0.25) is 4.68 Å². The number of hydrogen-bond donors (Lipinski definition) is 1. The van der Waals surface area contributed by atoms with E-state index in [-0.39, 0.29) is 6.10 Å². The standard InChI is InChI=1S/C20H29N5O3/c1-4-21-20(22-9-11-27-18-7-5-17(26-3)6-8-18)25-10-12-28-19(15-25)16-13-23-24(2)14-16/h5-8,13-14,19H,4,9-12,15H2,1-3H3,(H,21,22). The number of hydrogen-bond acceptors (Lipinski definition) is 5. The number of benzene rings is 1. The predicted octanol–water partition coefficient (Wildman–Crippen LogP) is 1.85. The monoisotopic (exact) mass is 387 g/mol. The Morgan fingerprint density at radius 2 is 2.11 bits per heavy atom. The Bertz CT molecular complexity index is 759. The van der Waals surface area contributed by atoms with Gasteiger partial charge in [-0.1, -0.05) is 0 Å². The molecule has 1 aliphatic heterocycles. The van der Waals surface area contributed by atoms with Crippen LogP contribution in [0.15, 0.2) is 41.7 Å². The SMILES string of the molecule is CCNC(=NCCOc1ccc(OC)cc1)N1CCOC(c2cnn(C)c2)C1. The van der Waals surface area contributed by atoms with Gasteiger partial charge in [-0.25, -0.2) is 4.99 Å². The van der Waals surface area contributed by atoms with E-state index in [4.69, 9.17) is 19.2 Å². The van der Waals surface area contributed by atoms with Crippen molar-refractivity contribution in [3.8, 4) is 11.5 Å². The number of guanidine groups is 1. The summed E-state index contributed by atoms with van der Waals surface area (Å²) in [6, 6.07) is 7.56. The smallest absolute Gasteiger partial charge is 0.194 e. The van der Waals surface area contributed by atoms with Crippen molar-refractivity contribution < 1.29 is 14.2 Å². The van der Waals surface area contributed by atoms with Crippen LogP contribution in [0.25, 0.3) is 0 Å². The number of ether oxygens (including phenoxy) is 3. The molecule has 0 bridgehead atoms. The fourth-order valence-electron chi connectivity index (χ4n) is 3.06. The first-order valence-corrected chi connectivity index (χ1v) is 9.60. The van der Waals surface area contributed by atoms with Crippen molar-refractivity contribution in [3.63, 3.8) is 0 Å². The number of nitrogens with one attached hydrogen (secondary N) is 1. The van der Waals surface area contributed by atoms with Gasteiger partial charge in [0.25, 0.3) is 0 Å². The van der Waals surface area contributed by atoms with Crippen molar-refractivity contribution in [1.29, 1.82) is 0 Å². The zero-order chi connectivity index (χ0) is 19.8. The second-order valence-electron chi connectivity index (χ2n) is 6.51. The number of rotatable bonds is 7. The average Bonchev–Trinajstić information content (AvgIpc) is 3.17. The zero-order valence-electron chi connectivity index (χ0n) is 16.8. The third kappa shape index (κ3) is 5.39. The van der Waals surface area contributed by atoms with Gasteiger partial charge >= 0.3 is 0 Å². The van der Waals surface area contributed by atoms with E-state index in [1.165, 1.54) is 0 Å². The van der Waals surface area contributed by atoms with E-state index < -0.39 is 0 Å². The molecule has 2 heterocycles. The molecule has 1 saturated heterocycles. The summed E-state index contributed by atoms with van der Waals surface area (Å²) in [7, 11) is 3.57. The van der Waals surface area contributed by atoms with Gasteiger partial charge in [0.1, 0.15) is 24.2 Å². The number of nitrogens with zero attached hydrogens (tertiary/aromatic N) is 4. The average molecular weight is 387 g/mol. The summed E-state index contributed by atoms with van der Waals surface area (Å²) in [5.74, 6) is 2.51. The van der Waals surface area contributed by atoms with Crippen molar-refractivity contribution in [2.45, 2.75) is 13.0 Å². The van der Waals surface area contributed by atoms with E-state index >= 15 is 0 Å². The van der Waals surface area contributed by atoms with Crippen LogP contribution in [-0.4, -0.2) is 67.1 Å². The molecular weight excluding hydrogens is 358 g/mol. The first kappa shape index (κ1) is 20.0. The summed E-state index contributed by atoms with van der Waals surface area (Å²) in [6.07, 6.45) is 3.86. The lowest BCUT2D eigenvalue weighted by Gasteiger charge is -2.34. The van der Waals surface area contributed by atoms with E-state index in [0.29, 0.717) is 19.8 Å². The summed E-state index contributed by atoms with van der Waals surface area (Å²) >= 11 is 0. The highest BCUT2D eigenvalue weighted by atomic mass is 16.5. The van der Waals surface area contributed by atoms with Crippen LogP contribution in [0.2, 0.25) is 0 Å². The minimum Gasteiger partial charge on any atom is -0.497 e. The molecular formula is C20H29N5O3. The van der Waals surface area contributed by atoms with Crippen molar-refractivity contribution in [3.05, 3.63) is 42.2 Å². The fraction of sp³-hybridized carbons (Fsp3) is 0.500. The van der Waals surface area contributed by atoms with E-state index in [2.05, 4.69) is 22.2 Å². The minimum atomic E-state index is 0.00172. The molecule has 2 aromatic rings. The van der Waals surface area contributed by atoms with Crippen LogP contribution in [0.5, 0.6) is 11.5 Å². The quantitative estimate of drug-likeness (QED) is 0.444. The number of aromatic nitrogens is 2.